The van der Waals surface area contributed by atoms with Gasteiger partial charge in [0, 0.05) is 18.7 Å². The third kappa shape index (κ3) is 5.81. The SMILES string of the molecule is CCc1nn(CCNC(=O)OC(C)(C)C)c(CC)c1S(=O)(=O)c1ccc([N+](=O)[O-])cc1. The number of nitro groups is 1. The van der Waals surface area contributed by atoms with Crippen LogP contribution in [0.2, 0.25) is 0 Å². The third-order valence-corrected chi connectivity index (χ3v) is 6.27. The zero-order valence-corrected chi connectivity index (χ0v) is 19.2. The van der Waals surface area contributed by atoms with Gasteiger partial charge in [-0.15, -0.1) is 0 Å². The van der Waals surface area contributed by atoms with E-state index in [9.17, 15) is 23.3 Å². The van der Waals surface area contributed by atoms with Crippen LogP contribution in [0.15, 0.2) is 34.1 Å². The van der Waals surface area contributed by atoms with Crippen molar-refractivity contribution in [3.8, 4) is 0 Å². The average molecular weight is 453 g/mol. The quantitative estimate of drug-likeness (QED) is 0.480. The lowest BCUT2D eigenvalue weighted by molar-refractivity contribution is -0.384. The first-order valence-electron chi connectivity index (χ1n) is 9.95. The van der Waals surface area contributed by atoms with Gasteiger partial charge in [0.25, 0.3) is 5.69 Å². The first-order chi connectivity index (χ1) is 14.4. The van der Waals surface area contributed by atoms with E-state index in [4.69, 9.17) is 4.74 Å². The summed E-state index contributed by atoms with van der Waals surface area (Å²) in [5.41, 5.74) is 0.120. The fourth-order valence-corrected chi connectivity index (χ4v) is 4.83. The van der Waals surface area contributed by atoms with Crippen LogP contribution in [0.1, 0.15) is 46.0 Å². The van der Waals surface area contributed by atoms with Crippen molar-refractivity contribution in [2.45, 2.75) is 69.4 Å². The lowest BCUT2D eigenvalue weighted by Crippen LogP contribution is -2.34. The van der Waals surface area contributed by atoms with Gasteiger partial charge in [-0.25, -0.2) is 13.2 Å². The molecule has 1 heterocycles. The summed E-state index contributed by atoms with van der Waals surface area (Å²) in [5, 5.41) is 17.9. The van der Waals surface area contributed by atoms with Crippen molar-refractivity contribution in [2.24, 2.45) is 0 Å². The van der Waals surface area contributed by atoms with E-state index in [2.05, 4.69) is 10.4 Å². The number of non-ortho nitro benzene ring substituents is 1. The lowest BCUT2D eigenvalue weighted by atomic mass is 10.2. The number of nitrogens with one attached hydrogen (secondary N) is 1. The second kappa shape index (κ2) is 9.46. The van der Waals surface area contributed by atoms with Gasteiger partial charge in [0.1, 0.15) is 10.5 Å². The molecular weight excluding hydrogens is 424 g/mol. The van der Waals surface area contributed by atoms with Crippen molar-refractivity contribution >= 4 is 21.6 Å². The number of hydrogen-bond acceptors (Lipinski definition) is 7. The maximum atomic E-state index is 13.3. The van der Waals surface area contributed by atoms with Gasteiger partial charge in [-0.05, 0) is 45.7 Å². The van der Waals surface area contributed by atoms with Crippen LogP contribution in [0.25, 0.3) is 0 Å². The van der Waals surface area contributed by atoms with Crippen molar-refractivity contribution < 1.29 is 22.9 Å². The molecule has 11 heteroatoms. The molecule has 0 spiro atoms. The Balaban J connectivity index is 2.32. The predicted octanol–water partition coefficient (Wildman–Crippen LogP) is 3.27. The molecule has 0 aliphatic carbocycles. The topological polar surface area (TPSA) is 133 Å². The van der Waals surface area contributed by atoms with Gasteiger partial charge < -0.3 is 10.1 Å². The Morgan fingerprint density at radius 2 is 1.81 bits per heavy atom. The second-order valence-electron chi connectivity index (χ2n) is 7.84. The molecule has 0 saturated heterocycles. The van der Waals surface area contributed by atoms with Crippen LogP contribution in [0, 0.1) is 10.1 Å². The van der Waals surface area contributed by atoms with Gasteiger partial charge in [0.15, 0.2) is 0 Å². The number of nitrogens with zero attached hydrogens (tertiary/aromatic N) is 3. The van der Waals surface area contributed by atoms with Crippen LogP contribution in [0.5, 0.6) is 0 Å². The van der Waals surface area contributed by atoms with Crippen LogP contribution in [0.4, 0.5) is 10.5 Å². The van der Waals surface area contributed by atoms with E-state index in [1.807, 2.05) is 6.92 Å². The van der Waals surface area contributed by atoms with Crippen molar-refractivity contribution in [3.63, 3.8) is 0 Å². The molecule has 1 amide bonds. The fourth-order valence-electron chi connectivity index (χ4n) is 3.05. The van der Waals surface area contributed by atoms with Gasteiger partial charge >= 0.3 is 6.09 Å². The molecule has 0 bridgehead atoms. The Morgan fingerprint density at radius 1 is 1.19 bits per heavy atom. The normalized spacial score (nSPS) is 11.9. The second-order valence-corrected chi connectivity index (χ2v) is 9.72. The molecule has 0 aliphatic heterocycles. The van der Waals surface area contributed by atoms with Crippen LogP contribution in [0.3, 0.4) is 0 Å². The van der Waals surface area contributed by atoms with Crippen molar-refractivity contribution in [1.29, 1.82) is 0 Å². The molecule has 2 rings (SSSR count). The molecule has 0 atom stereocenters. The first kappa shape index (κ1) is 24.3. The molecule has 0 unspecified atom stereocenters. The first-order valence-corrected chi connectivity index (χ1v) is 11.4. The number of carbonyl (C=O) groups excluding carboxylic acids is 1. The summed E-state index contributed by atoms with van der Waals surface area (Å²) in [6.45, 7) is 9.40. The number of amides is 1. The number of benzene rings is 1. The standard InChI is InChI=1S/C20H28N4O6S/c1-6-16-18(31(28,29)15-10-8-14(9-11-15)24(26)27)17(7-2)23(22-16)13-12-21-19(25)30-20(3,4)5/h8-11H,6-7,12-13H2,1-5H3,(H,21,25). The number of carbonyl (C=O) groups is 1. The van der Waals surface area contributed by atoms with Crippen LogP contribution >= 0.6 is 0 Å². The van der Waals surface area contributed by atoms with E-state index in [1.165, 1.54) is 24.3 Å². The molecule has 1 aromatic heterocycles. The minimum absolute atomic E-state index is 0.0334. The van der Waals surface area contributed by atoms with Crippen molar-refractivity contribution in [2.75, 3.05) is 6.54 Å². The summed E-state index contributed by atoms with van der Waals surface area (Å²) in [6.07, 6.45) is 0.231. The number of alkyl carbamates (subject to hydrolysis) is 1. The molecule has 10 nitrogen and oxygen atoms in total. The van der Waals surface area contributed by atoms with Crippen molar-refractivity contribution in [1.82, 2.24) is 15.1 Å². The Hall–Kier alpha value is -2.95. The number of ether oxygens (including phenoxy) is 1. The van der Waals surface area contributed by atoms with Gasteiger partial charge in [0.2, 0.25) is 9.84 Å². The molecule has 1 aromatic carbocycles. The summed E-state index contributed by atoms with van der Waals surface area (Å²) in [5.74, 6) is 0. The zero-order chi connectivity index (χ0) is 23.4. The summed E-state index contributed by atoms with van der Waals surface area (Å²) in [4.78, 5) is 22.2. The highest BCUT2D eigenvalue weighted by molar-refractivity contribution is 7.91. The number of aryl methyl sites for hydroxylation is 1. The Kier molecular flexibility index (Phi) is 7.42. The van der Waals surface area contributed by atoms with Gasteiger partial charge in [0.05, 0.1) is 27.8 Å². The molecule has 0 fully saturated rings. The molecular formula is C20H28N4O6S. The predicted molar refractivity (Wildman–Crippen MR) is 114 cm³/mol. The fraction of sp³-hybridized carbons (Fsp3) is 0.500. The molecule has 0 radical (unpaired) electrons. The third-order valence-electron chi connectivity index (χ3n) is 4.37. The zero-order valence-electron chi connectivity index (χ0n) is 18.3. The molecule has 1 N–H and O–H groups in total. The molecule has 0 aliphatic rings. The Bertz CT molecular complexity index is 1050. The minimum Gasteiger partial charge on any atom is -0.444 e. The van der Waals surface area contributed by atoms with Gasteiger partial charge in [-0.1, -0.05) is 13.8 Å². The van der Waals surface area contributed by atoms with Gasteiger partial charge in [-0.3, -0.25) is 14.8 Å². The number of aromatic nitrogens is 2. The highest BCUT2D eigenvalue weighted by Gasteiger charge is 2.29. The minimum atomic E-state index is -3.93. The largest absolute Gasteiger partial charge is 0.444 e. The highest BCUT2D eigenvalue weighted by atomic mass is 32.2. The smallest absolute Gasteiger partial charge is 0.407 e. The van der Waals surface area contributed by atoms with E-state index in [1.54, 1.807) is 32.4 Å². The van der Waals surface area contributed by atoms with E-state index < -0.39 is 26.5 Å². The molecule has 0 saturated carbocycles. The lowest BCUT2D eigenvalue weighted by Gasteiger charge is -2.19. The summed E-state index contributed by atoms with van der Waals surface area (Å²) in [7, 11) is -3.93. The average Bonchev–Trinajstić information content (AvgIpc) is 3.05. The monoisotopic (exact) mass is 452 g/mol. The van der Waals surface area contributed by atoms with Crippen LogP contribution in [-0.2, 0) is 34.0 Å². The number of hydrogen-bond donors (Lipinski definition) is 1. The van der Waals surface area contributed by atoms with E-state index in [-0.39, 0.29) is 28.6 Å². The molecule has 31 heavy (non-hydrogen) atoms. The summed E-state index contributed by atoms with van der Waals surface area (Å²) < 4.78 is 33.4. The number of sulfone groups is 1. The molecule has 170 valence electrons. The van der Waals surface area contributed by atoms with E-state index >= 15 is 0 Å². The highest BCUT2D eigenvalue weighted by Crippen LogP contribution is 2.29. The maximum Gasteiger partial charge on any atom is 0.407 e. The van der Waals surface area contributed by atoms with E-state index in [0.717, 1.165) is 0 Å². The number of rotatable bonds is 8. The van der Waals surface area contributed by atoms with E-state index in [0.29, 0.717) is 24.2 Å². The van der Waals surface area contributed by atoms with Crippen LogP contribution in [-0.4, -0.2) is 41.4 Å². The number of nitro benzene ring substituents is 1. The van der Waals surface area contributed by atoms with Gasteiger partial charge in [-0.2, -0.15) is 5.10 Å². The maximum absolute atomic E-state index is 13.3. The summed E-state index contributed by atoms with van der Waals surface area (Å²) in [6, 6.07) is 4.79. The molecule has 2 aromatic rings. The van der Waals surface area contributed by atoms with Crippen LogP contribution < -0.4 is 5.32 Å². The Morgan fingerprint density at radius 3 is 2.29 bits per heavy atom. The van der Waals surface area contributed by atoms with Crippen molar-refractivity contribution in [3.05, 3.63) is 45.8 Å². The summed E-state index contributed by atoms with van der Waals surface area (Å²) >= 11 is 0. The Labute approximate surface area is 181 Å².